The first-order valence-electron chi connectivity index (χ1n) is 9.16. The lowest BCUT2D eigenvalue weighted by atomic mass is 9.94. The molecule has 1 aromatic rings. The Hall–Kier alpha value is -1.40. The van der Waals surface area contributed by atoms with Gasteiger partial charge in [-0.1, -0.05) is 44.2 Å². The van der Waals surface area contributed by atoms with Crippen molar-refractivity contribution in [1.82, 2.24) is 9.62 Å². The van der Waals surface area contributed by atoms with Crippen molar-refractivity contribution in [2.45, 2.75) is 46.1 Å². The van der Waals surface area contributed by atoms with Crippen molar-refractivity contribution >= 4 is 15.9 Å². The van der Waals surface area contributed by atoms with Crippen LogP contribution in [-0.2, 0) is 14.8 Å². The van der Waals surface area contributed by atoms with Crippen molar-refractivity contribution in [3.8, 4) is 0 Å². The fourth-order valence-electron chi connectivity index (χ4n) is 3.32. The molecule has 25 heavy (non-hydrogen) atoms. The molecule has 2 atom stereocenters. The molecular formula is C19H30N2O3S. The Morgan fingerprint density at radius 3 is 2.56 bits per heavy atom. The monoisotopic (exact) mass is 366 g/mol. The zero-order valence-corrected chi connectivity index (χ0v) is 16.3. The molecule has 1 N–H and O–H groups in total. The van der Waals surface area contributed by atoms with Gasteiger partial charge in [0, 0.05) is 13.1 Å². The van der Waals surface area contributed by atoms with E-state index in [1.165, 1.54) is 4.31 Å². The minimum absolute atomic E-state index is 0.0353. The van der Waals surface area contributed by atoms with E-state index in [0.29, 0.717) is 19.0 Å². The Morgan fingerprint density at radius 2 is 1.96 bits per heavy atom. The predicted octanol–water partition coefficient (Wildman–Crippen LogP) is 2.95. The Morgan fingerprint density at radius 1 is 1.28 bits per heavy atom. The van der Waals surface area contributed by atoms with Crippen LogP contribution in [0, 0.1) is 11.8 Å². The van der Waals surface area contributed by atoms with E-state index in [1.54, 1.807) is 6.92 Å². The smallest absolute Gasteiger partial charge is 0.224 e. The molecule has 5 nitrogen and oxygen atoms in total. The van der Waals surface area contributed by atoms with Crippen LogP contribution in [0.2, 0.25) is 0 Å². The lowest BCUT2D eigenvalue weighted by molar-refractivity contribution is -0.127. The number of hydrogen-bond donors (Lipinski definition) is 1. The highest BCUT2D eigenvalue weighted by molar-refractivity contribution is 7.89. The summed E-state index contributed by atoms with van der Waals surface area (Å²) in [6, 6.07) is 9.94. The fourth-order valence-corrected chi connectivity index (χ4v) is 4.50. The highest BCUT2D eigenvalue weighted by Gasteiger charge is 2.32. The van der Waals surface area contributed by atoms with Gasteiger partial charge >= 0.3 is 0 Å². The minimum Gasteiger partial charge on any atom is -0.349 e. The molecule has 0 spiro atoms. The Bertz CT molecular complexity index is 659. The van der Waals surface area contributed by atoms with E-state index in [9.17, 15) is 13.2 Å². The molecule has 0 aliphatic carbocycles. The van der Waals surface area contributed by atoms with Crippen LogP contribution in [-0.4, -0.2) is 37.5 Å². The average Bonchev–Trinajstić information content (AvgIpc) is 2.61. The Labute approximate surface area is 151 Å². The van der Waals surface area contributed by atoms with Crippen LogP contribution in [0.3, 0.4) is 0 Å². The van der Waals surface area contributed by atoms with Crippen molar-refractivity contribution in [2.24, 2.45) is 11.8 Å². The van der Waals surface area contributed by atoms with Gasteiger partial charge in [-0.15, -0.1) is 0 Å². The number of hydrogen-bond acceptors (Lipinski definition) is 3. The van der Waals surface area contributed by atoms with Gasteiger partial charge in [0.25, 0.3) is 0 Å². The maximum Gasteiger partial charge on any atom is 0.224 e. The van der Waals surface area contributed by atoms with Crippen LogP contribution in [0.4, 0.5) is 0 Å². The third-order valence-corrected chi connectivity index (χ3v) is 6.59. The van der Waals surface area contributed by atoms with Gasteiger partial charge in [0.15, 0.2) is 0 Å². The maximum atomic E-state index is 12.8. The largest absolute Gasteiger partial charge is 0.349 e. The first-order chi connectivity index (χ1) is 11.8. The van der Waals surface area contributed by atoms with Crippen LogP contribution in [0.15, 0.2) is 30.3 Å². The molecule has 0 saturated carbocycles. The summed E-state index contributed by atoms with van der Waals surface area (Å²) in [5, 5.41) is 3.16. The zero-order valence-electron chi connectivity index (χ0n) is 15.4. The van der Waals surface area contributed by atoms with E-state index in [4.69, 9.17) is 0 Å². The standard InChI is InChI=1S/C19H30N2O3S/c1-4-25(23,24)21-12-8-11-17(14-21)19(22)20-18(13-15(2)3)16-9-6-5-7-10-16/h5-7,9-10,15,17-18H,4,8,11-14H2,1-3H3,(H,20,22)/t17-,18-/m0/s1. The number of nitrogens with one attached hydrogen (secondary N) is 1. The van der Waals surface area contributed by atoms with Crippen molar-refractivity contribution in [3.63, 3.8) is 0 Å². The van der Waals surface area contributed by atoms with E-state index in [-0.39, 0.29) is 23.6 Å². The van der Waals surface area contributed by atoms with Crippen LogP contribution in [0.5, 0.6) is 0 Å². The predicted molar refractivity (Wildman–Crippen MR) is 101 cm³/mol. The SMILES string of the molecule is CCS(=O)(=O)N1CCC[C@H](C(=O)N[C@@H](CC(C)C)c2ccccc2)C1. The Kier molecular flexibility index (Phi) is 7.02. The number of carbonyl (C=O) groups is 1. The number of sulfonamides is 1. The minimum atomic E-state index is -3.23. The molecular weight excluding hydrogens is 336 g/mol. The molecule has 6 heteroatoms. The molecule has 1 fully saturated rings. The van der Waals surface area contributed by atoms with Crippen molar-refractivity contribution in [1.29, 1.82) is 0 Å². The molecule has 0 aromatic heterocycles. The van der Waals surface area contributed by atoms with Crippen LogP contribution in [0.1, 0.15) is 51.6 Å². The summed E-state index contributed by atoms with van der Waals surface area (Å²) in [7, 11) is -3.23. The number of piperidine rings is 1. The van der Waals surface area contributed by atoms with E-state index < -0.39 is 10.0 Å². The molecule has 2 rings (SSSR count). The molecule has 1 heterocycles. The second-order valence-corrected chi connectivity index (χ2v) is 9.46. The number of amides is 1. The first-order valence-corrected chi connectivity index (χ1v) is 10.8. The fraction of sp³-hybridized carbons (Fsp3) is 0.632. The summed E-state index contributed by atoms with van der Waals surface area (Å²) < 4.78 is 25.7. The molecule has 1 aromatic carbocycles. The number of nitrogens with zero attached hydrogens (tertiary/aromatic N) is 1. The van der Waals surface area contributed by atoms with Crippen molar-refractivity contribution in [2.75, 3.05) is 18.8 Å². The van der Waals surface area contributed by atoms with Crippen molar-refractivity contribution < 1.29 is 13.2 Å². The second kappa shape index (κ2) is 8.81. The molecule has 1 amide bonds. The van der Waals surface area contributed by atoms with Gasteiger partial charge < -0.3 is 5.32 Å². The van der Waals surface area contributed by atoms with Gasteiger partial charge in [0.05, 0.1) is 17.7 Å². The normalized spacial score (nSPS) is 20.4. The Balaban J connectivity index is 2.07. The summed E-state index contributed by atoms with van der Waals surface area (Å²) in [6.45, 7) is 6.74. The number of carbonyl (C=O) groups excluding carboxylic acids is 1. The molecule has 0 unspecified atom stereocenters. The molecule has 0 bridgehead atoms. The second-order valence-electron chi connectivity index (χ2n) is 7.20. The van der Waals surface area contributed by atoms with E-state index >= 15 is 0 Å². The number of benzene rings is 1. The van der Waals surface area contributed by atoms with Gasteiger partial charge in [-0.2, -0.15) is 0 Å². The molecule has 0 radical (unpaired) electrons. The van der Waals surface area contributed by atoms with Gasteiger partial charge in [-0.05, 0) is 37.7 Å². The van der Waals surface area contributed by atoms with Gasteiger partial charge in [-0.25, -0.2) is 12.7 Å². The van der Waals surface area contributed by atoms with Crippen LogP contribution in [0.25, 0.3) is 0 Å². The van der Waals surface area contributed by atoms with Gasteiger partial charge in [-0.3, -0.25) is 4.79 Å². The molecule has 1 aliphatic heterocycles. The average molecular weight is 367 g/mol. The van der Waals surface area contributed by atoms with E-state index in [1.807, 2.05) is 30.3 Å². The first kappa shape index (κ1) is 19.9. The van der Waals surface area contributed by atoms with Crippen molar-refractivity contribution in [3.05, 3.63) is 35.9 Å². The quantitative estimate of drug-likeness (QED) is 0.807. The summed E-state index contributed by atoms with van der Waals surface area (Å²) >= 11 is 0. The van der Waals surface area contributed by atoms with Crippen LogP contribution >= 0.6 is 0 Å². The zero-order chi connectivity index (χ0) is 18.4. The third-order valence-electron chi connectivity index (χ3n) is 4.74. The maximum absolute atomic E-state index is 12.8. The summed E-state index contributed by atoms with van der Waals surface area (Å²) in [5.41, 5.74) is 1.10. The van der Waals surface area contributed by atoms with E-state index in [0.717, 1.165) is 24.8 Å². The highest BCUT2D eigenvalue weighted by Crippen LogP contribution is 2.24. The molecule has 140 valence electrons. The lowest BCUT2D eigenvalue weighted by Crippen LogP contribution is -2.46. The van der Waals surface area contributed by atoms with Crippen LogP contribution < -0.4 is 5.32 Å². The van der Waals surface area contributed by atoms with Gasteiger partial charge in [0.1, 0.15) is 0 Å². The van der Waals surface area contributed by atoms with Gasteiger partial charge in [0.2, 0.25) is 15.9 Å². The lowest BCUT2D eigenvalue weighted by Gasteiger charge is -2.32. The molecule has 1 saturated heterocycles. The topological polar surface area (TPSA) is 66.5 Å². The highest BCUT2D eigenvalue weighted by atomic mass is 32.2. The van der Waals surface area contributed by atoms with E-state index in [2.05, 4.69) is 19.2 Å². The number of rotatable bonds is 7. The third kappa shape index (κ3) is 5.54. The summed E-state index contributed by atoms with van der Waals surface area (Å²) in [6.07, 6.45) is 2.34. The summed E-state index contributed by atoms with van der Waals surface area (Å²) in [5.74, 6) is 0.231. The summed E-state index contributed by atoms with van der Waals surface area (Å²) in [4.78, 5) is 12.8. The molecule has 1 aliphatic rings.